The highest BCUT2D eigenvalue weighted by atomic mass is 35.5. The second kappa shape index (κ2) is 9.31. The predicted octanol–water partition coefficient (Wildman–Crippen LogP) is 4.62. The van der Waals surface area contributed by atoms with Crippen molar-refractivity contribution in [2.75, 3.05) is 14.2 Å². The lowest BCUT2D eigenvalue weighted by atomic mass is 9.99. The number of rotatable bonds is 8. The second-order valence-electron chi connectivity index (χ2n) is 6.43. The standard InChI is InChI=1S/C22H22ClNO4S/c1-27-18-11-7-16(8-12-18)15-21(17-9-13-19(28-2)14-10-17)24-29(25,26)22-6-4-3-5-20(22)23/h3-14,21,24H,15H2,1-2H3. The Bertz CT molecular complexity index is 1050. The molecule has 0 aliphatic carbocycles. The summed E-state index contributed by atoms with van der Waals surface area (Å²) in [6, 6.07) is 20.7. The van der Waals surface area contributed by atoms with Crippen LogP contribution in [0.15, 0.2) is 77.7 Å². The molecule has 29 heavy (non-hydrogen) atoms. The maximum atomic E-state index is 13.0. The predicted molar refractivity (Wildman–Crippen MR) is 114 cm³/mol. The summed E-state index contributed by atoms with van der Waals surface area (Å²) in [5, 5.41) is 0.179. The Labute approximate surface area is 176 Å². The van der Waals surface area contributed by atoms with Crippen molar-refractivity contribution in [2.24, 2.45) is 0 Å². The molecule has 0 saturated heterocycles. The Morgan fingerprint density at radius 3 is 1.97 bits per heavy atom. The molecule has 152 valence electrons. The molecule has 0 amide bonds. The van der Waals surface area contributed by atoms with E-state index < -0.39 is 16.1 Å². The van der Waals surface area contributed by atoms with E-state index in [-0.39, 0.29) is 9.92 Å². The van der Waals surface area contributed by atoms with Gasteiger partial charge in [-0.1, -0.05) is 48.0 Å². The summed E-state index contributed by atoms with van der Waals surface area (Å²) in [4.78, 5) is 0.0508. The molecule has 0 heterocycles. The van der Waals surface area contributed by atoms with Crippen molar-refractivity contribution in [3.05, 3.63) is 88.9 Å². The monoisotopic (exact) mass is 431 g/mol. The molecule has 0 aromatic heterocycles. The van der Waals surface area contributed by atoms with Crippen LogP contribution in [0.1, 0.15) is 17.2 Å². The van der Waals surface area contributed by atoms with E-state index in [0.717, 1.165) is 16.9 Å². The van der Waals surface area contributed by atoms with Crippen molar-refractivity contribution < 1.29 is 17.9 Å². The summed E-state index contributed by atoms with van der Waals surface area (Å²) in [6.45, 7) is 0. The van der Waals surface area contributed by atoms with Gasteiger partial charge in [-0.15, -0.1) is 0 Å². The largest absolute Gasteiger partial charge is 0.497 e. The molecular weight excluding hydrogens is 410 g/mol. The zero-order chi connectivity index (χ0) is 20.9. The highest BCUT2D eigenvalue weighted by Crippen LogP contribution is 2.27. The Hall–Kier alpha value is -2.54. The maximum absolute atomic E-state index is 13.0. The third kappa shape index (κ3) is 5.29. The highest BCUT2D eigenvalue weighted by molar-refractivity contribution is 7.89. The minimum Gasteiger partial charge on any atom is -0.497 e. The van der Waals surface area contributed by atoms with E-state index in [1.165, 1.54) is 6.07 Å². The van der Waals surface area contributed by atoms with Crippen LogP contribution in [0, 0.1) is 0 Å². The van der Waals surface area contributed by atoms with Gasteiger partial charge in [0.15, 0.2) is 0 Å². The van der Waals surface area contributed by atoms with Gasteiger partial charge in [-0.2, -0.15) is 0 Å². The lowest BCUT2D eigenvalue weighted by molar-refractivity contribution is 0.414. The van der Waals surface area contributed by atoms with Crippen LogP contribution in [0.5, 0.6) is 11.5 Å². The fourth-order valence-corrected chi connectivity index (χ4v) is 4.72. The van der Waals surface area contributed by atoms with E-state index >= 15 is 0 Å². The first-order valence-corrected chi connectivity index (χ1v) is 10.8. The van der Waals surface area contributed by atoms with Crippen LogP contribution in [-0.4, -0.2) is 22.6 Å². The van der Waals surface area contributed by atoms with Gasteiger partial charge in [0.1, 0.15) is 16.4 Å². The van der Waals surface area contributed by atoms with Crippen molar-refractivity contribution in [2.45, 2.75) is 17.4 Å². The number of hydrogen-bond donors (Lipinski definition) is 1. The molecule has 3 rings (SSSR count). The molecule has 0 bridgehead atoms. The molecule has 3 aromatic rings. The van der Waals surface area contributed by atoms with Crippen LogP contribution in [0.2, 0.25) is 5.02 Å². The van der Waals surface area contributed by atoms with Gasteiger partial charge in [0, 0.05) is 0 Å². The number of nitrogens with one attached hydrogen (secondary N) is 1. The van der Waals surface area contributed by atoms with Crippen molar-refractivity contribution in [3.8, 4) is 11.5 Å². The van der Waals surface area contributed by atoms with Crippen LogP contribution in [0.4, 0.5) is 0 Å². The highest BCUT2D eigenvalue weighted by Gasteiger charge is 2.24. The van der Waals surface area contributed by atoms with Gasteiger partial charge in [-0.3, -0.25) is 0 Å². The molecular formula is C22H22ClNO4S. The van der Waals surface area contributed by atoms with E-state index in [0.29, 0.717) is 12.2 Å². The van der Waals surface area contributed by atoms with Crippen molar-refractivity contribution >= 4 is 21.6 Å². The van der Waals surface area contributed by atoms with Crippen LogP contribution in [-0.2, 0) is 16.4 Å². The van der Waals surface area contributed by atoms with E-state index in [9.17, 15) is 8.42 Å². The summed E-state index contributed by atoms with van der Waals surface area (Å²) in [6.07, 6.45) is 0.458. The van der Waals surface area contributed by atoms with Gasteiger partial charge in [-0.25, -0.2) is 13.1 Å². The lowest BCUT2D eigenvalue weighted by Crippen LogP contribution is -2.30. The van der Waals surface area contributed by atoms with Crippen molar-refractivity contribution in [3.63, 3.8) is 0 Å². The number of methoxy groups -OCH3 is 2. The van der Waals surface area contributed by atoms with Gasteiger partial charge in [0.05, 0.1) is 25.3 Å². The molecule has 0 spiro atoms. The molecule has 1 atom stereocenters. The number of hydrogen-bond acceptors (Lipinski definition) is 4. The lowest BCUT2D eigenvalue weighted by Gasteiger charge is -2.20. The van der Waals surface area contributed by atoms with Crippen molar-refractivity contribution in [1.82, 2.24) is 4.72 Å². The summed E-state index contributed by atoms with van der Waals surface area (Å²) in [5.41, 5.74) is 1.78. The van der Waals surface area contributed by atoms with Crippen molar-refractivity contribution in [1.29, 1.82) is 0 Å². The normalized spacial score (nSPS) is 12.4. The van der Waals surface area contributed by atoms with Gasteiger partial charge in [0.25, 0.3) is 0 Å². The molecule has 1 N–H and O–H groups in total. The average molecular weight is 432 g/mol. The zero-order valence-electron chi connectivity index (χ0n) is 16.1. The summed E-state index contributed by atoms with van der Waals surface area (Å²) in [5.74, 6) is 1.44. The van der Waals surface area contributed by atoms with Crippen LogP contribution < -0.4 is 14.2 Å². The third-order valence-corrected chi connectivity index (χ3v) is 6.51. The topological polar surface area (TPSA) is 64.6 Å². The number of benzene rings is 3. The summed E-state index contributed by atoms with van der Waals surface area (Å²) < 4.78 is 39.2. The Balaban J connectivity index is 1.93. The van der Waals surface area contributed by atoms with Gasteiger partial charge in [-0.05, 0) is 53.9 Å². The van der Waals surface area contributed by atoms with Crippen LogP contribution >= 0.6 is 11.6 Å². The number of ether oxygens (including phenoxy) is 2. The van der Waals surface area contributed by atoms with Gasteiger partial charge >= 0.3 is 0 Å². The van der Waals surface area contributed by atoms with E-state index in [2.05, 4.69) is 4.72 Å². The molecule has 0 aliphatic heterocycles. The first-order valence-electron chi connectivity index (χ1n) is 8.96. The minimum atomic E-state index is -3.82. The molecule has 1 unspecified atom stereocenters. The summed E-state index contributed by atoms with van der Waals surface area (Å²) >= 11 is 6.12. The second-order valence-corrected chi connectivity index (χ2v) is 8.52. The molecule has 3 aromatic carbocycles. The smallest absolute Gasteiger partial charge is 0.242 e. The van der Waals surface area contributed by atoms with E-state index in [4.69, 9.17) is 21.1 Å². The zero-order valence-corrected chi connectivity index (χ0v) is 17.7. The average Bonchev–Trinajstić information content (AvgIpc) is 2.74. The Morgan fingerprint density at radius 2 is 1.41 bits per heavy atom. The SMILES string of the molecule is COc1ccc(CC(NS(=O)(=O)c2ccccc2Cl)c2ccc(OC)cc2)cc1. The molecule has 7 heteroatoms. The minimum absolute atomic E-state index is 0.0508. The quantitative estimate of drug-likeness (QED) is 0.565. The first-order chi connectivity index (χ1) is 13.9. The number of sulfonamides is 1. The fourth-order valence-electron chi connectivity index (χ4n) is 2.97. The number of halogens is 1. The summed E-state index contributed by atoms with van der Waals surface area (Å²) in [7, 11) is -0.633. The van der Waals surface area contributed by atoms with Crippen LogP contribution in [0.3, 0.4) is 0 Å². The first kappa shape index (κ1) is 21.2. The van der Waals surface area contributed by atoms with E-state index in [1.807, 2.05) is 36.4 Å². The Morgan fingerprint density at radius 1 is 0.862 bits per heavy atom. The Kier molecular flexibility index (Phi) is 6.79. The van der Waals surface area contributed by atoms with Gasteiger partial charge in [0.2, 0.25) is 10.0 Å². The maximum Gasteiger partial charge on any atom is 0.242 e. The molecule has 0 fully saturated rings. The molecule has 0 radical (unpaired) electrons. The van der Waals surface area contributed by atoms with Crippen LogP contribution in [0.25, 0.3) is 0 Å². The molecule has 0 aliphatic rings. The molecule has 5 nitrogen and oxygen atoms in total. The third-order valence-electron chi connectivity index (χ3n) is 4.54. The van der Waals surface area contributed by atoms with E-state index in [1.54, 1.807) is 44.6 Å². The van der Waals surface area contributed by atoms with Gasteiger partial charge < -0.3 is 9.47 Å². The molecule has 0 saturated carbocycles. The fraction of sp³-hybridized carbons (Fsp3) is 0.182.